The van der Waals surface area contributed by atoms with Gasteiger partial charge in [-0.25, -0.2) is 0 Å². The largest absolute Gasteiger partial charge is 0.458 e. The average molecular weight is 1330 g/mol. The zero-order valence-corrected chi connectivity index (χ0v) is 61.8. The van der Waals surface area contributed by atoms with Crippen molar-refractivity contribution in [3.63, 3.8) is 0 Å². The molecule has 6 aliphatic rings. The number of fused-ring (bicyclic) bond motifs is 15. The minimum absolute atomic E-state index is 0.0990. The highest BCUT2D eigenvalue weighted by Gasteiger charge is 2.51. The van der Waals surface area contributed by atoms with E-state index in [-0.39, 0.29) is 20.1 Å². The number of nitrogens with one attached hydrogen (secondary N) is 1. The number of hydrogen-bond acceptors (Lipinski definition) is 5. The molecule has 0 aliphatic carbocycles. The van der Waals surface area contributed by atoms with Crippen LogP contribution in [0.3, 0.4) is 0 Å². The maximum atomic E-state index is 7.41. The standard InChI is InChI=1S/C94H80B3N5O/c1-48-28-54(7)86(55(8)29-48)64-40-75-88-82(41-64)99-76-26-19-17-22-66(76)67-23-21-25-69(94(67)99)96(88)70-44-71-77(46-74(70)98-75)100(91-58(11)32-50(3)33-59(91)12)80-38-53(6)39-81-89(80)97(71)73-45-72-78(47-79(73)101(81)92-60(13)34-51(4)35-61(92)14)102(93-62(15)36-52(5)37-63(93)16)83-42-65(87-56(9)30-49(2)31-57(87)10)43-85-90(83)95(72)68-24-18-20-27-84(68)103-85/h17-47,98H,1-16H3. The molecule has 9 heteroatoms. The maximum absolute atomic E-state index is 7.41. The molecule has 13 aromatic carbocycles. The quantitative estimate of drug-likeness (QED) is 0.174. The predicted molar refractivity (Wildman–Crippen MR) is 442 cm³/mol. The van der Waals surface area contributed by atoms with Gasteiger partial charge in [-0.15, -0.1) is 0 Å². The minimum Gasteiger partial charge on any atom is -0.458 e. The first-order valence-corrected chi connectivity index (χ1v) is 36.9. The van der Waals surface area contributed by atoms with Crippen molar-refractivity contribution >= 4 is 154 Å². The van der Waals surface area contributed by atoms with Gasteiger partial charge in [0.1, 0.15) is 11.5 Å². The van der Waals surface area contributed by atoms with Crippen molar-refractivity contribution in [2.75, 3.05) is 20.0 Å². The smallest absolute Gasteiger partial charge is 0.256 e. The Morgan fingerprint density at radius 1 is 0.282 bits per heavy atom. The summed E-state index contributed by atoms with van der Waals surface area (Å²) in [5, 5.41) is 6.89. The van der Waals surface area contributed by atoms with E-state index in [1.54, 1.807) is 0 Å². The molecule has 6 aliphatic heterocycles. The van der Waals surface area contributed by atoms with Gasteiger partial charge in [0.15, 0.2) is 0 Å². The summed E-state index contributed by atoms with van der Waals surface area (Å²) in [6.07, 6.45) is 0. The van der Waals surface area contributed by atoms with Crippen molar-refractivity contribution in [1.29, 1.82) is 0 Å². The predicted octanol–water partition coefficient (Wildman–Crippen LogP) is 18.4. The van der Waals surface area contributed by atoms with E-state index in [9.17, 15) is 0 Å². The van der Waals surface area contributed by atoms with Gasteiger partial charge in [-0.1, -0.05) is 155 Å². The van der Waals surface area contributed by atoms with E-state index in [1.165, 1.54) is 228 Å². The number of nitrogens with zero attached hydrogens (tertiary/aromatic N) is 4. The number of hydrogen-bond donors (Lipinski definition) is 1. The van der Waals surface area contributed by atoms with Crippen molar-refractivity contribution < 1.29 is 4.74 Å². The molecule has 0 radical (unpaired) electrons. The molecule has 0 atom stereocenters. The first kappa shape index (κ1) is 61.7. The molecular formula is C94H80B3N5O. The second-order valence-corrected chi connectivity index (χ2v) is 31.5. The third kappa shape index (κ3) is 8.60. The topological polar surface area (TPSA) is 35.9 Å². The van der Waals surface area contributed by atoms with Gasteiger partial charge in [-0.2, -0.15) is 0 Å². The molecule has 0 amide bonds. The Balaban J connectivity index is 0.925. The molecule has 1 N–H and O–H groups in total. The molecular weight excluding hydrogens is 1250 g/mol. The van der Waals surface area contributed by atoms with E-state index in [0.717, 1.165) is 34.1 Å². The summed E-state index contributed by atoms with van der Waals surface area (Å²) in [5.74, 6) is 1.80. The fraction of sp³-hybridized carbons (Fsp3) is 0.170. The minimum atomic E-state index is -0.223. The highest BCUT2D eigenvalue weighted by molar-refractivity contribution is 7.04. The lowest BCUT2D eigenvalue weighted by Crippen LogP contribution is -2.66. The maximum Gasteiger partial charge on any atom is 0.256 e. The monoisotopic (exact) mass is 1330 g/mol. The summed E-state index contributed by atoms with van der Waals surface area (Å²) in [6, 6.07) is 74.3. The second kappa shape index (κ2) is 21.7. The van der Waals surface area contributed by atoms with E-state index < -0.39 is 0 Å². The van der Waals surface area contributed by atoms with Gasteiger partial charge in [-0.3, -0.25) is 0 Å². The highest BCUT2D eigenvalue weighted by atomic mass is 16.5. The SMILES string of the molecule is Cc1cc(C)c(-c2cc3c4c(c2)N(c2c(C)cc(C)cc2C)c2cc5c(cc2B4c2ccccc2O3)B2c3cc4c(cc3N(c3c(C)cc(C)cc3C)c3cc(C)cc(c32)N5c2c(C)cc(C)cc2C)Nc2cc(-c3c(C)cc(C)cc3C)cc3c2B4c2cccc4c5ccccc5n-3c24)c(C)c1. The van der Waals surface area contributed by atoms with Crippen molar-refractivity contribution in [1.82, 2.24) is 4.57 Å². The molecule has 0 bridgehead atoms. The van der Waals surface area contributed by atoms with Crippen LogP contribution < -0.4 is 73.9 Å². The van der Waals surface area contributed by atoms with Crippen molar-refractivity contribution in [3.05, 3.63) is 277 Å². The molecule has 0 saturated carbocycles. The van der Waals surface area contributed by atoms with E-state index >= 15 is 0 Å². The first-order chi connectivity index (χ1) is 49.7. The summed E-state index contributed by atoms with van der Waals surface area (Å²) < 4.78 is 10.0. The van der Waals surface area contributed by atoms with Crippen LogP contribution in [0, 0.1) is 111 Å². The summed E-state index contributed by atoms with van der Waals surface area (Å²) in [7, 11) is 0. The fourth-order valence-corrected chi connectivity index (χ4v) is 21.0. The molecule has 7 heterocycles. The Morgan fingerprint density at radius 2 is 0.699 bits per heavy atom. The van der Waals surface area contributed by atoms with Crippen LogP contribution >= 0.6 is 0 Å². The summed E-state index contributed by atoms with van der Waals surface area (Å²) in [5.41, 5.74) is 53.2. The summed E-state index contributed by atoms with van der Waals surface area (Å²) in [4.78, 5) is 8.05. The van der Waals surface area contributed by atoms with Crippen LogP contribution in [0.25, 0.3) is 49.7 Å². The molecule has 6 nitrogen and oxygen atoms in total. The van der Waals surface area contributed by atoms with E-state index in [1.807, 2.05) is 0 Å². The van der Waals surface area contributed by atoms with Gasteiger partial charge in [0.25, 0.3) is 20.1 Å². The number of benzene rings is 13. The normalized spacial score (nSPS) is 13.7. The molecule has 0 fully saturated rings. The Labute approximate surface area is 606 Å². The van der Waals surface area contributed by atoms with Crippen LogP contribution in [0.5, 0.6) is 11.5 Å². The number of rotatable bonds is 5. The third-order valence-corrected chi connectivity index (χ3v) is 24.0. The van der Waals surface area contributed by atoms with Gasteiger partial charge in [-0.05, 0) is 304 Å². The number of aromatic nitrogens is 1. The van der Waals surface area contributed by atoms with Gasteiger partial charge in [0.2, 0.25) is 0 Å². The summed E-state index contributed by atoms with van der Waals surface area (Å²) in [6.45, 7) is 36.1. The van der Waals surface area contributed by atoms with Crippen molar-refractivity contribution in [2.24, 2.45) is 0 Å². The Bertz CT molecular complexity index is 6150. The first-order valence-electron chi connectivity index (χ1n) is 36.9. The van der Waals surface area contributed by atoms with Gasteiger partial charge in [0.05, 0.1) is 22.6 Å². The number of para-hydroxylation sites is 3. The van der Waals surface area contributed by atoms with Gasteiger partial charge < -0.3 is 29.3 Å². The summed E-state index contributed by atoms with van der Waals surface area (Å²) >= 11 is 0. The van der Waals surface area contributed by atoms with Crippen molar-refractivity contribution in [2.45, 2.75) is 111 Å². The molecule has 20 rings (SSSR count). The van der Waals surface area contributed by atoms with Crippen LogP contribution in [0.1, 0.15) is 89.0 Å². The number of ether oxygens (including phenoxy) is 1. The molecule has 1 aromatic heterocycles. The molecule has 0 spiro atoms. The van der Waals surface area contributed by atoms with Gasteiger partial charge >= 0.3 is 0 Å². The van der Waals surface area contributed by atoms with Crippen LogP contribution in [0.4, 0.5) is 62.6 Å². The Morgan fingerprint density at radius 3 is 1.25 bits per heavy atom. The van der Waals surface area contributed by atoms with Crippen LogP contribution in [-0.4, -0.2) is 24.7 Å². The number of anilines is 11. The molecule has 0 unspecified atom stereocenters. The number of aryl methyl sites for hydroxylation is 16. The Kier molecular flexibility index (Phi) is 13.0. The molecule has 14 aromatic rings. The lowest BCUT2D eigenvalue weighted by atomic mass is 9.29. The van der Waals surface area contributed by atoms with E-state index in [4.69, 9.17) is 4.74 Å². The third-order valence-electron chi connectivity index (χ3n) is 24.0. The van der Waals surface area contributed by atoms with Crippen LogP contribution in [-0.2, 0) is 0 Å². The molecule has 0 saturated heterocycles. The zero-order chi connectivity index (χ0) is 70.5. The van der Waals surface area contributed by atoms with Crippen molar-refractivity contribution in [3.8, 4) is 39.4 Å². The molecule has 103 heavy (non-hydrogen) atoms. The van der Waals surface area contributed by atoms with Crippen LogP contribution in [0.2, 0.25) is 0 Å². The second-order valence-electron chi connectivity index (χ2n) is 31.5. The van der Waals surface area contributed by atoms with Gasteiger partial charge in [0, 0.05) is 67.5 Å². The van der Waals surface area contributed by atoms with E-state index in [0.29, 0.717) is 0 Å². The lowest BCUT2D eigenvalue weighted by molar-refractivity contribution is 0.487. The average Bonchev–Trinajstić information content (AvgIpc) is 1.31. The fourth-order valence-electron chi connectivity index (χ4n) is 21.0. The Hall–Kier alpha value is -11.1. The highest BCUT2D eigenvalue weighted by Crippen LogP contribution is 2.53. The van der Waals surface area contributed by atoms with Crippen LogP contribution in [0.15, 0.2) is 188 Å². The van der Waals surface area contributed by atoms with E-state index in [2.05, 4.69) is 323 Å². The lowest BCUT2D eigenvalue weighted by Gasteiger charge is -2.48. The zero-order valence-electron chi connectivity index (χ0n) is 61.8. The molecule has 496 valence electrons.